The molecule has 2 aromatic rings. The van der Waals surface area contributed by atoms with Gasteiger partial charge in [0.2, 0.25) is 5.91 Å². The Morgan fingerprint density at radius 1 is 1.28 bits per heavy atom. The largest absolute Gasteiger partial charge is 0.353 e. The Bertz CT molecular complexity index is 767. The average molecular weight is 359 g/mol. The van der Waals surface area contributed by atoms with Crippen LogP contribution in [0.15, 0.2) is 23.7 Å². The number of likely N-dealkylation sites (tertiary alicyclic amines) is 2. The van der Waals surface area contributed by atoms with Crippen LogP contribution < -0.4 is 0 Å². The monoisotopic (exact) mass is 358 g/mol. The van der Waals surface area contributed by atoms with E-state index in [0.29, 0.717) is 12.5 Å². The summed E-state index contributed by atoms with van der Waals surface area (Å²) in [5, 5.41) is 3.15. The van der Waals surface area contributed by atoms with E-state index in [-0.39, 0.29) is 5.41 Å². The number of piperidine rings is 1. The second kappa shape index (κ2) is 6.57. The molecular formula is C19H26N4OS. The number of hydrogen-bond donors (Lipinski definition) is 0. The van der Waals surface area contributed by atoms with Crippen LogP contribution in [0.25, 0.3) is 0 Å². The van der Waals surface area contributed by atoms with Crippen molar-refractivity contribution < 1.29 is 4.79 Å². The van der Waals surface area contributed by atoms with Crippen LogP contribution in [0.4, 0.5) is 0 Å². The van der Waals surface area contributed by atoms with Gasteiger partial charge in [-0.3, -0.25) is 9.69 Å². The molecule has 1 amide bonds. The third-order valence-electron chi connectivity index (χ3n) is 5.71. The molecule has 2 fully saturated rings. The first-order valence-electron chi connectivity index (χ1n) is 9.09. The minimum absolute atomic E-state index is 0.172. The molecule has 1 atom stereocenters. The summed E-state index contributed by atoms with van der Waals surface area (Å²) in [7, 11) is 2.09. The Morgan fingerprint density at radius 2 is 2.16 bits per heavy atom. The van der Waals surface area contributed by atoms with E-state index in [1.54, 1.807) is 11.3 Å². The van der Waals surface area contributed by atoms with Crippen molar-refractivity contribution >= 4 is 17.2 Å². The molecule has 6 heteroatoms. The Labute approximate surface area is 153 Å². The Kier molecular flexibility index (Phi) is 4.41. The zero-order valence-corrected chi connectivity index (χ0v) is 15.9. The predicted octanol–water partition coefficient (Wildman–Crippen LogP) is 2.80. The topological polar surface area (TPSA) is 41.4 Å². The number of carbonyl (C=O) groups is 1. The molecule has 0 N–H and O–H groups in total. The summed E-state index contributed by atoms with van der Waals surface area (Å²) in [6.07, 6.45) is 5.22. The van der Waals surface area contributed by atoms with E-state index in [4.69, 9.17) is 0 Å². The van der Waals surface area contributed by atoms with Crippen LogP contribution in [0.5, 0.6) is 0 Å². The highest BCUT2D eigenvalue weighted by atomic mass is 32.1. The lowest BCUT2D eigenvalue weighted by atomic mass is 9.78. The van der Waals surface area contributed by atoms with Crippen molar-refractivity contribution in [2.24, 2.45) is 12.5 Å². The van der Waals surface area contributed by atoms with Gasteiger partial charge in [-0.25, -0.2) is 4.98 Å². The maximum Gasteiger partial charge on any atom is 0.230 e. The van der Waals surface area contributed by atoms with Crippen molar-refractivity contribution in [3.05, 3.63) is 40.1 Å². The van der Waals surface area contributed by atoms with Gasteiger partial charge in [0.1, 0.15) is 0 Å². The molecule has 2 saturated heterocycles. The zero-order valence-electron chi connectivity index (χ0n) is 15.1. The van der Waals surface area contributed by atoms with E-state index in [9.17, 15) is 4.79 Å². The summed E-state index contributed by atoms with van der Waals surface area (Å²) in [6, 6.07) is 4.27. The molecule has 25 heavy (non-hydrogen) atoms. The van der Waals surface area contributed by atoms with Gasteiger partial charge in [0.15, 0.2) is 0 Å². The van der Waals surface area contributed by atoms with Crippen LogP contribution in [0, 0.1) is 12.3 Å². The molecule has 0 radical (unpaired) electrons. The van der Waals surface area contributed by atoms with E-state index in [1.807, 2.05) is 11.8 Å². The van der Waals surface area contributed by atoms with E-state index in [2.05, 4.69) is 45.2 Å². The number of aryl methyl sites for hydroxylation is 2. The normalized spacial score (nSPS) is 24.6. The van der Waals surface area contributed by atoms with E-state index in [0.717, 1.165) is 56.1 Å². The van der Waals surface area contributed by atoms with Crippen LogP contribution in [0.3, 0.4) is 0 Å². The molecule has 0 aromatic carbocycles. The quantitative estimate of drug-likeness (QED) is 0.844. The van der Waals surface area contributed by atoms with Gasteiger partial charge in [-0.1, -0.05) is 0 Å². The number of rotatable bonds is 4. The van der Waals surface area contributed by atoms with Gasteiger partial charge < -0.3 is 9.47 Å². The SMILES string of the molecule is Cc1nc(CN2CC[C@@]3(CCCN(Cc4cccn4C)C3)C2=O)cs1. The molecule has 0 aliphatic carbocycles. The van der Waals surface area contributed by atoms with Gasteiger partial charge in [0, 0.05) is 44.0 Å². The molecule has 0 unspecified atom stereocenters. The highest BCUT2D eigenvalue weighted by Crippen LogP contribution is 2.41. The molecular weight excluding hydrogens is 332 g/mol. The van der Waals surface area contributed by atoms with Crippen LogP contribution in [0.1, 0.15) is 35.7 Å². The highest BCUT2D eigenvalue weighted by molar-refractivity contribution is 7.09. The minimum atomic E-state index is -0.172. The fourth-order valence-electron chi connectivity index (χ4n) is 4.35. The molecule has 4 heterocycles. The number of thiazole rings is 1. The zero-order chi connectivity index (χ0) is 17.4. The number of amides is 1. The first kappa shape index (κ1) is 16.8. The second-order valence-electron chi connectivity index (χ2n) is 7.54. The molecule has 0 bridgehead atoms. The average Bonchev–Trinajstić information content (AvgIpc) is 3.26. The fraction of sp³-hybridized carbons (Fsp3) is 0.579. The number of hydrogen-bond acceptors (Lipinski definition) is 4. The second-order valence-corrected chi connectivity index (χ2v) is 8.60. The number of carbonyl (C=O) groups excluding carboxylic acids is 1. The lowest BCUT2D eigenvalue weighted by molar-refractivity contribution is -0.139. The number of nitrogens with zero attached hydrogens (tertiary/aromatic N) is 4. The molecule has 2 aliphatic rings. The van der Waals surface area contributed by atoms with Crippen molar-refractivity contribution in [1.82, 2.24) is 19.4 Å². The lowest BCUT2D eigenvalue weighted by Gasteiger charge is -2.39. The molecule has 1 spiro atoms. The van der Waals surface area contributed by atoms with E-state index in [1.165, 1.54) is 5.69 Å². The van der Waals surface area contributed by atoms with Gasteiger partial charge in [-0.15, -0.1) is 11.3 Å². The van der Waals surface area contributed by atoms with Gasteiger partial charge in [-0.05, 0) is 44.9 Å². The van der Waals surface area contributed by atoms with Gasteiger partial charge in [-0.2, -0.15) is 0 Å². The third-order valence-corrected chi connectivity index (χ3v) is 6.54. The summed E-state index contributed by atoms with van der Waals surface area (Å²) in [4.78, 5) is 22.2. The summed E-state index contributed by atoms with van der Waals surface area (Å²) < 4.78 is 2.18. The van der Waals surface area contributed by atoms with Crippen molar-refractivity contribution in [3.8, 4) is 0 Å². The van der Waals surface area contributed by atoms with Gasteiger partial charge in [0.05, 0.1) is 22.7 Å². The highest BCUT2D eigenvalue weighted by Gasteiger charge is 2.48. The van der Waals surface area contributed by atoms with Gasteiger partial charge >= 0.3 is 0 Å². The fourth-order valence-corrected chi connectivity index (χ4v) is 4.95. The molecule has 134 valence electrons. The summed E-state index contributed by atoms with van der Waals surface area (Å²) in [6.45, 7) is 6.47. The summed E-state index contributed by atoms with van der Waals surface area (Å²) in [5.74, 6) is 0.342. The van der Waals surface area contributed by atoms with E-state index < -0.39 is 0 Å². The number of aromatic nitrogens is 2. The molecule has 4 rings (SSSR count). The Hall–Kier alpha value is -1.66. The summed E-state index contributed by atoms with van der Waals surface area (Å²) >= 11 is 1.66. The van der Waals surface area contributed by atoms with Crippen molar-refractivity contribution in [1.29, 1.82) is 0 Å². The Morgan fingerprint density at radius 3 is 2.88 bits per heavy atom. The maximum absolute atomic E-state index is 13.2. The first-order valence-corrected chi connectivity index (χ1v) is 9.97. The van der Waals surface area contributed by atoms with Crippen LogP contribution in [-0.4, -0.2) is 44.9 Å². The molecule has 2 aromatic heterocycles. The maximum atomic E-state index is 13.2. The summed E-state index contributed by atoms with van der Waals surface area (Å²) in [5.41, 5.74) is 2.18. The molecule has 0 saturated carbocycles. The van der Waals surface area contributed by atoms with Crippen LogP contribution in [-0.2, 0) is 24.9 Å². The standard InChI is InChI=1S/C19H26N4OS/c1-15-20-16(13-25-15)11-23-10-7-19(18(23)24)6-4-9-22(14-19)12-17-5-3-8-21(17)2/h3,5,8,13H,4,6-7,9-12,14H2,1-2H3/t19-/m1/s1. The first-order chi connectivity index (χ1) is 12.1. The van der Waals surface area contributed by atoms with Crippen LogP contribution >= 0.6 is 11.3 Å². The third kappa shape index (κ3) is 3.25. The van der Waals surface area contributed by atoms with Crippen molar-refractivity contribution in [2.45, 2.75) is 39.3 Å². The van der Waals surface area contributed by atoms with Crippen LogP contribution in [0.2, 0.25) is 0 Å². The smallest absolute Gasteiger partial charge is 0.230 e. The molecule has 2 aliphatic heterocycles. The lowest BCUT2D eigenvalue weighted by Crippen LogP contribution is -2.47. The van der Waals surface area contributed by atoms with Crippen molar-refractivity contribution in [2.75, 3.05) is 19.6 Å². The Balaban J connectivity index is 1.44. The molecule has 5 nitrogen and oxygen atoms in total. The minimum Gasteiger partial charge on any atom is -0.353 e. The van der Waals surface area contributed by atoms with E-state index >= 15 is 0 Å². The van der Waals surface area contributed by atoms with Gasteiger partial charge in [0.25, 0.3) is 0 Å². The predicted molar refractivity (Wildman–Crippen MR) is 99.2 cm³/mol. The van der Waals surface area contributed by atoms with Crippen molar-refractivity contribution in [3.63, 3.8) is 0 Å².